The van der Waals surface area contributed by atoms with E-state index in [2.05, 4.69) is 5.32 Å². The van der Waals surface area contributed by atoms with Crippen molar-refractivity contribution >= 4 is 87.5 Å². The summed E-state index contributed by atoms with van der Waals surface area (Å²) in [5, 5.41) is 1.84. The molecule has 4 aromatic carbocycles. The normalized spacial score (nSPS) is 13.6. The fourth-order valence-electron chi connectivity index (χ4n) is 5.22. The van der Waals surface area contributed by atoms with Crippen LogP contribution in [0.25, 0.3) is 0 Å². The average molecular weight is 708 g/mol. The summed E-state index contributed by atoms with van der Waals surface area (Å²) in [5.41, 5.74) is -0.125. The van der Waals surface area contributed by atoms with Gasteiger partial charge >= 0.3 is 17.9 Å². The van der Waals surface area contributed by atoms with E-state index in [1.165, 1.54) is 32.0 Å². The minimum atomic E-state index is -1.52. The minimum Gasteiger partial charge on any atom is -0.456 e. The van der Waals surface area contributed by atoms with Crippen LogP contribution >= 0.6 is 58.0 Å². The number of anilines is 1. The van der Waals surface area contributed by atoms with Gasteiger partial charge in [-0.1, -0.05) is 64.1 Å². The lowest BCUT2D eigenvalue weighted by atomic mass is 9.77. The Morgan fingerprint density at radius 2 is 1.18 bits per heavy atom. The molecule has 0 saturated carbocycles. The fraction of sp³-hybridized carbons (Fsp3) is 0.0968. The molecule has 1 spiro atoms. The van der Waals surface area contributed by atoms with Gasteiger partial charge in [0.05, 0.1) is 36.2 Å². The summed E-state index contributed by atoms with van der Waals surface area (Å²) in [7, 11) is 0. The Hall–Kier alpha value is -3.99. The third kappa shape index (κ3) is 5.14. The highest BCUT2D eigenvalue weighted by molar-refractivity contribution is 6.56. The SMILES string of the molecule is CC(=O)Oc1ccc2c(c1)Oc1cc(OC(C)=O)ccc1C21OC(=O)c2cc(NC(=O)c3c(Cl)c(Cl)c(Cl)c(Cl)c3Cl)ccc21. The van der Waals surface area contributed by atoms with Crippen molar-refractivity contribution in [1.29, 1.82) is 0 Å². The lowest BCUT2D eigenvalue weighted by molar-refractivity contribution is -0.132. The standard InChI is InChI=1S/C31H16Cl5NO8/c1-12(38)42-15-4-7-19-21(10-15)44-22-11-16(43-13(2)39)5-8-20(22)31(19)18-6-3-14(9-17(18)30(41)45-31)37-29(40)23-24(32)26(34)28(36)27(35)25(23)33/h3-11H,1-2H3,(H,37,40). The van der Waals surface area contributed by atoms with Gasteiger partial charge in [0.15, 0.2) is 5.60 Å². The van der Waals surface area contributed by atoms with Gasteiger partial charge in [-0.3, -0.25) is 14.4 Å². The molecule has 14 heteroatoms. The molecule has 2 aliphatic heterocycles. The second kappa shape index (κ2) is 11.4. The van der Waals surface area contributed by atoms with E-state index < -0.39 is 29.4 Å². The molecule has 0 saturated heterocycles. The van der Waals surface area contributed by atoms with Gasteiger partial charge in [-0.25, -0.2) is 4.79 Å². The van der Waals surface area contributed by atoms with Crippen molar-refractivity contribution in [3.63, 3.8) is 0 Å². The number of benzene rings is 4. The molecule has 1 N–H and O–H groups in total. The summed E-state index contributed by atoms with van der Waals surface area (Å²) >= 11 is 30.8. The highest BCUT2D eigenvalue weighted by Crippen LogP contribution is 2.57. The molecule has 2 heterocycles. The number of ether oxygens (including phenoxy) is 4. The molecular formula is C31H16Cl5NO8. The van der Waals surface area contributed by atoms with Gasteiger partial charge in [0.25, 0.3) is 5.91 Å². The summed E-state index contributed by atoms with van der Waals surface area (Å²) < 4.78 is 22.8. The number of hydrogen-bond donors (Lipinski definition) is 1. The molecular weight excluding hydrogens is 692 g/mol. The molecule has 0 unspecified atom stereocenters. The molecule has 0 bridgehead atoms. The van der Waals surface area contributed by atoms with Gasteiger partial charge in [-0.15, -0.1) is 0 Å². The van der Waals surface area contributed by atoms with E-state index in [1.54, 1.807) is 36.4 Å². The number of nitrogens with one attached hydrogen (secondary N) is 1. The van der Waals surface area contributed by atoms with Crippen molar-refractivity contribution in [3.05, 3.63) is 108 Å². The van der Waals surface area contributed by atoms with E-state index in [0.29, 0.717) is 16.7 Å². The van der Waals surface area contributed by atoms with E-state index in [-0.39, 0.29) is 64.9 Å². The number of esters is 3. The molecule has 0 radical (unpaired) electrons. The van der Waals surface area contributed by atoms with Crippen molar-refractivity contribution in [2.24, 2.45) is 0 Å². The second-order valence-corrected chi connectivity index (χ2v) is 11.7. The molecule has 0 fully saturated rings. The summed E-state index contributed by atoms with van der Waals surface area (Å²) in [5.74, 6) is -1.73. The molecule has 9 nitrogen and oxygen atoms in total. The molecule has 4 aromatic rings. The van der Waals surface area contributed by atoms with Crippen LogP contribution in [-0.4, -0.2) is 23.8 Å². The van der Waals surface area contributed by atoms with Crippen LogP contribution in [0.15, 0.2) is 54.6 Å². The van der Waals surface area contributed by atoms with E-state index in [4.69, 9.17) is 77.0 Å². The Labute approximate surface area is 279 Å². The van der Waals surface area contributed by atoms with E-state index >= 15 is 0 Å². The van der Waals surface area contributed by atoms with Gasteiger partial charge in [0.1, 0.15) is 23.0 Å². The number of carbonyl (C=O) groups is 4. The Kier molecular flexibility index (Phi) is 7.87. The highest BCUT2D eigenvalue weighted by atomic mass is 35.5. The molecule has 6 rings (SSSR count). The summed E-state index contributed by atoms with van der Waals surface area (Å²) in [6.07, 6.45) is 0. The van der Waals surface area contributed by atoms with Crippen LogP contribution in [0.4, 0.5) is 5.69 Å². The van der Waals surface area contributed by atoms with Gasteiger partial charge in [-0.2, -0.15) is 0 Å². The average Bonchev–Trinajstić information content (AvgIpc) is 3.26. The quantitative estimate of drug-likeness (QED) is 0.0970. The number of fused-ring (bicyclic) bond motifs is 6. The van der Waals surface area contributed by atoms with Crippen LogP contribution in [0.5, 0.6) is 23.0 Å². The van der Waals surface area contributed by atoms with Crippen molar-refractivity contribution in [2.75, 3.05) is 5.32 Å². The topological polar surface area (TPSA) is 117 Å². The Balaban J connectivity index is 1.46. The Morgan fingerprint density at radius 3 is 1.69 bits per heavy atom. The first-order chi connectivity index (χ1) is 21.3. The fourth-order valence-corrected chi connectivity index (χ4v) is 6.53. The highest BCUT2D eigenvalue weighted by Gasteiger charge is 2.54. The van der Waals surface area contributed by atoms with Gasteiger partial charge < -0.3 is 24.3 Å². The maximum absolute atomic E-state index is 13.5. The zero-order valence-corrected chi connectivity index (χ0v) is 26.6. The lowest BCUT2D eigenvalue weighted by Crippen LogP contribution is -2.33. The lowest BCUT2D eigenvalue weighted by Gasteiger charge is -2.36. The van der Waals surface area contributed by atoms with Gasteiger partial charge in [0.2, 0.25) is 0 Å². The monoisotopic (exact) mass is 705 g/mol. The van der Waals surface area contributed by atoms with Crippen molar-refractivity contribution in [2.45, 2.75) is 19.4 Å². The van der Waals surface area contributed by atoms with Crippen LogP contribution in [0.2, 0.25) is 25.1 Å². The summed E-state index contributed by atoms with van der Waals surface area (Å²) in [6.45, 7) is 2.51. The summed E-state index contributed by atoms with van der Waals surface area (Å²) in [4.78, 5) is 50.0. The van der Waals surface area contributed by atoms with Crippen molar-refractivity contribution in [1.82, 2.24) is 0 Å². The number of hydrogen-bond acceptors (Lipinski definition) is 8. The third-order valence-corrected chi connectivity index (χ3v) is 9.24. The summed E-state index contributed by atoms with van der Waals surface area (Å²) in [6, 6.07) is 13.9. The zero-order valence-electron chi connectivity index (χ0n) is 22.9. The number of amides is 1. The minimum absolute atomic E-state index is 0.104. The number of rotatable bonds is 4. The second-order valence-electron chi connectivity index (χ2n) is 9.84. The van der Waals surface area contributed by atoms with Crippen molar-refractivity contribution < 1.29 is 38.1 Å². The first kappa shape index (κ1) is 31.0. The molecule has 2 aliphatic rings. The molecule has 0 aliphatic carbocycles. The molecule has 45 heavy (non-hydrogen) atoms. The van der Waals surface area contributed by atoms with E-state index in [9.17, 15) is 19.2 Å². The Morgan fingerprint density at radius 1 is 0.689 bits per heavy atom. The predicted octanol–water partition coefficient (Wildman–Crippen LogP) is 8.62. The van der Waals surface area contributed by atoms with Crippen LogP contribution in [0, 0.1) is 0 Å². The van der Waals surface area contributed by atoms with Crippen LogP contribution in [0.3, 0.4) is 0 Å². The maximum atomic E-state index is 13.5. The van der Waals surface area contributed by atoms with Crippen LogP contribution in [-0.2, 0) is 19.9 Å². The smallest absolute Gasteiger partial charge is 0.340 e. The van der Waals surface area contributed by atoms with Crippen LogP contribution in [0.1, 0.15) is 51.3 Å². The predicted molar refractivity (Wildman–Crippen MR) is 167 cm³/mol. The molecule has 0 atom stereocenters. The van der Waals surface area contributed by atoms with Gasteiger partial charge in [-0.05, 0) is 36.4 Å². The molecule has 228 valence electrons. The van der Waals surface area contributed by atoms with Crippen molar-refractivity contribution in [3.8, 4) is 23.0 Å². The largest absolute Gasteiger partial charge is 0.456 e. The maximum Gasteiger partial charge on any atom is 0.340 e. The van der Waals surface area contributed by atoms with Gasteiger partial charge in [0, 0.05) is 48.4 Å². The molecule has 0 aromatic heterocycles. The first-order valence-corrected chi connectivity index (χ1v) is 14.7. The first-order valence-electron chi connectivity index (χ1n) is 12.9. The number of carbonyl (C=O) groups excluding carboxylic acids is 4. The number of halogens is 5. The van der Waals surface area contributed by atoms with Crippen LogP contribution < -0.4 is 19.5 Å². The van der Waals surface area contributed by atoms with E-state index in [0.717, 1.165) is 0 Å². The van der Waals surface area contributed by atoms with E-state index in [1.807, 2.05) is 0 Å². The third-order valence-electron chi connectivity index (χ3n) is 6.97. The zero-order chi connectivity index (χ0) is 32.4. The Bertz CT molecular complexity index is 1920. The molecule has 1 amide bonds.